The highest BCUT2D eigenvalue weighted by Crippen LogP contribution is 2.30. The summed E-state index contributed by atoms with van der Waals surface area (Å²) in [5, 5.41) is 3.23. The number of rotatable bonds is 5. The quantitative estimate of drug-likeness (QED) is 0.693. The first-order valence-electron chi connectivity index (χ1n) is 13.4. The number of nitrogens with one attached hydrogen (secondary N) is 1. The van der Waals surface area contributed by atoms with Gasteiger partial charge in [0.2, 0.25) is 5.91 Å². The lowest BCUT2D eigenvalue weighted by Gasteiger charge is -2.40. The first-order chi connectivity index (χ1) is 16.2. The van der Waals surface area contributed by atoms with Gasteiger partial charge in [0.1, 0.15) is 0 Å². The Bertz CT molecular complexity index is 815. The van der Waals surface area contributed by atoms with Crippen LogP contribution < -0.4 is 10.2 Å². The van der Waals surface area contributed by atoms with Crippen molar-refractivity contribution in [2.45, 2.75) is 76.3 Å². The van der Waals surface area contributed by atoms with Crippen LogP contribution in [0.25, 0.3) is 0 Å². The summed E-state index contributed by atoms with van der Waals surface area (Å²) in [7, 11) is 0. The van der Waals surface area contributed by atoms with Crippen LogP contribution >= 0.6 is 0 Å². The van der Waals surface area contributed by atoms with E-state index >= 15 is 0 Å². The number of carbonyl (C=O) groups excluding carboxylic acids is 2. The Hall–Kier alpha value is -2.08. The molecule has 0 unspecified atom stereocenters. The highest BCUT2D eigenvalue weighted by molar-refractivity contribution is 6.00. The highest BCUT2D eigenvalue weighted by atomic mass is 16.2. The summed E-state index contributed by atoms with van der Waals surface area (Å²) in [6.45, 7) is 5.44. The van der Waals surface area contributed by atoms with E-state index in [0.717, 1.165) is 82.2 Å². The molecule has 4 aliphatic rings. The van der Waals surface area contributed by atoms with Gasteiger partial charge in [-0.05, 0) is 50.7 Å². The largest absolute Gasteiger partial charge is 0.371 e. The summed E-state index contributed by atoms with van der Waals surface area (Å²) >= 11 is 0. The number of nitrogens with zero attached hydrogens (tertiary/aromatic N) is 3. The summed E-state index contributed by atoms with van der Waals surface area (Å²) in [5.74, 6) is 0.687. The zero-order valence-electron chi connectivity index (χ0n) is 20.0. The molecule has 0 aromatic heterocycles. The Labute approximate surface area is 198 Å². The van der Waals surface area contributed by atoms with Gasteiger partial charge in [-0.2, -0.15) is 0 Å². The molecule has 2 saturated carbocycles. The van der Waals surface area contributed by atoms with Gasteiger partial charge in [-0.1, -0.05) is 37.8 Å². The van der Waals surface area contributed by atoms with Gasteiger partial charge in [-0.3, -0.25) is 14.5 Å². The van der Waals surface area contributed by atoms with Crippen LogP contribution in [0, 0.1) is 5.92 Å². The first kappa shape index (κ1) is 22.7. The van der Waals surface area contributed by atoms with Crippen molar-refractivity contribution in [2.75, 3.05) is 44.2 Å². The SMILES string of the molecule is O=C(NC1CCN(c2ccccc2C(=O)N2CCN(C3CCCCCC3)CC2)CC1)C1CC1. The van der Waals surface area contributed by atoms with E-state index in [2.05, 4.69) is 26.1 Å². The molecule has 1 aromatic carbocycles. The van der Waals surface area contributed by atoms with Crippen LogP contribution in [-0.4, -0.2) is 73.0 Å². The molecular weight excluding hydrogens is 412 g/mol. The van der Waals surface area contributed by atoms with Crippen LogP contribution in [0.15, 0.2) is 24.3 Å². The number of amides is 2. The minimum absolute atomic E-state index is 0.176. The molecule has 6 heteroatoms. The van der Waals surface area contributed by atoms with Gasteiger partial charge in [0.25, 0.3) is 5.91 Å². The molecule has 2 aliphatic carbocycles. The summed E-state index contributed by atoms with van der Waals surface area (Å²) in [4.78, 5) is 32.7. The Morgan fingerprint density at radius 2 is 1.42 bits per heavy atom. The lowest BCUT2D eigenvalue weighted by molar-refractivity contribution is -0.123. The molecule has 2 amide bonds. The number of anilines is 1. The van der Waals surface area contributed by atoms with Crippen LogP contribution in [0.2, 0.25) is 0 Å². The average molecular weight is 453 g/mol. The van der Waals surface area contributed by atoms with Crippen molar-refractivity contribution < 1.29 is 9.59 Å². The van der Waals surface area contributed by atoms with Crippen molar-refractivity contribution in [3.63, 3.8) is 0 Å². The number of benzene rings is 1. The molecule has 0 spiro atoms. The average Bonchev–Trinajstić information content (AvgIpc) is 3.72. The molecule has 2 saturated heterocycles. The maximum absolute atomic E-state index is 13.5. The Morgan fingerprint density at radius 3 is 2.09 bits per heavy atom. The third kappa shape index (κ3) is 5.53. The van der Waals surface area contributed by atoms with E-state index in [1.807, 2.05) is 18.2 Å². The van der Waals surface area contributed by atoms with Crippen molar-refractivity contribution in [1.82, 2.24) is 15.1 Å². The monoisotopic (exact) mass is 452 g/mol. The van der Waals surface area contributed by atoms with Gasteiger partial charge >= 0.3 is 0 Å². The zero-order valence-corrected chi connectivity index (χ0v) is 20.0. The second kappa shape index (κ2) is 10.5. The molecule has 2 heterocycles. The van der Waals surface area contributed by atoms with Crippen LogP contribution in [0.5, 0.6) is 0 Å². The normalized spacial score (nSPS) is 23.9. The van der Waals surface area contributed by atoms with E-state index in [1.165, 1.54) is 38.5 Å². The van der Waals surface area contributed by atoms with Gasteiger partial charge in [0.15, 0.2) is 0 Å². The maximum Gasteiger partial charge on any atom is 0.256 e. The molecule has 0 radical (unpaired) electrons. The number of carbonyl (C=O) groups is 2. The standard InChI is InChI=1S/C27H40N4O2/c32-26(21-11-12-21)28-22-13-15-30(16-14-22)25-10-6-5-9-24(25)27(33)31-19-17-29(18-20-31)23-7-3-1-2-4-8-23/h5-6,9-10,21-23H,1-4,7-8,11-20H2,(H,28,32). The fraction of sp³-hybridized carbons (Fsp3) is 0.704. The van der Waals surface area contributed by atoms with Crippen LogP contribution in [0.3, 0.4) is 0 Å². The van der Waals surface area contributed by atoms with Crippen molar-refractivity contribution in [3.8, 4) is 0 Å². The smallest absolute Gasteiger partial charge is 0.256 e. The van der Waals surface area contributed by atoms with Gasteiger partial charge in [-0.15, -0.1) is 0 Å². The lowest BCUT2D eigenvalue weighted by atomic mass is 10.0. The summed E-state index contributed by atoms with van der Waals surface area (Å²) in [6, 6.07) is 9.11. The maximum atomic E-state index is 13.5. The molecule has 0 bridgehead atoms. The number of para-hydroxylation sites is 1. The second-order valence-electron chi connectivity index (χ2n) is 10.5. The van der Waals surface area contributed by atoms with E-state index in [4.69, 9.17) is 0 Å². The minimum atomic E-state index is 0.176. The molecule has 1 aromatic rings. The van der Waals surface area contributed by atoms with E-state index in [9.17, 15) is 9.59 Å². The molecule has 4 fully saturated rings. The summed E-state index contributed by atoms with van der Waals surface area (Å²) < 4.78 is 0. The van der Waals surface area contributed by atoms with Gasteiger partial charge in [-0.25, -0.2) is 0 Å². The minimum Gasteiger partial charge on any atom is -0.371 e. The van der Waals surface area contributed by atoms with Gasteiger partial charge in [0, 0.05) is 63.0 Å². The molecular formula is C27H40N4O2. The number of piperidine rings is 1. The molecule has 33 heavy (non-hydrogen) atoms. The summed E-state index contributed by atoms with van der Waals surface area (Å²) in [6.07, 6.45) is 12.1. The molecule has 5 rings (SSSR count). The van der Waals surface area contributed by atoms with Crippen molar-refractivity contribution in [3.05, 3.63) is 29.8 Å². The number of hydrogen-bond donors (Lipinski definition) is 1. The third-order valence-corrected chi connectivity index (χ3v) is 8.21. The Kier molecular flexibility index (Phi) is 7.19. The first-order valence-corrected chi connectivity index (χ1v) is 13.4. The summed E-state index contributed by atoms with van der Waals surface area (Å²) in [5.41, 5.74) is 1.89. The predicted octanol–water partition coefficient (Wildman–Crippen LogP) is 3.66. The van der Waals surface area contributed by atoms with E-state index in [1.54, 1.807) is 0 Å². The fourth-order valence-corrected chi connectivity index (χ4v) is 5.94. The molecule has 6 nitrogen and oxygen atoms in total. The zero-order chi connectivity index (χ0) is 22.6. The Morgan fingerprint density at radius 1 is 0.758 bits per heavy atom. The van der Waals surface area contributed by atoms with Crippen LogP contribution in [0.4, 0.5) is 5.69 Å². The second-order valence-corrected chi connectivity index (χ2v) is 10.5. The fourth-order valence-electron chi connectivity index (χ4n) is 5.94. The van der Waals surface area contributed by atoms with E-state index in [0.29, 0.717) is 0 Å². The molecule has 0 atom stereocenters. The van der Waals surface area contributed by atoms with Crippen molar-refractivity contribution in [2.24, 2.45) is 5.92 Å². The predicted molar refractivity (Wildman–Crippen MR) is 132 cm³/mol. The van der Waals surface area contributed by atoms with Crippen LogP contribution in [0.1, 0.15) is 74.6 Å². The molecule has 2 aliphatic heterocycles. The lowest BCUT2D eigenvalue weighted by Crippen LogP contribution is -2.52. The topological polar surface area (TPSA) is 55.9 Å². The molecule has 1 N–H and O–H groups in total. The third-order valence-electron chi connectivity index (χ3n) is 8.21. The number of piperazine rings is 1. The van der Waals surface area contributed by atoms with E-state index in [-0.39, 0.29) is 23.8 Å². The Balaban J connectivity index is 1.17. The molecule has 180 valence electrons. The number of hydrogen-bond acceptors (Lipinski definition) is 4. The van der Waals surface area contributed by atoms with Crippen molar-refractivity contribution in [1.29, 1.82) is 0 Å². The van der Waals surface area contributed by atoms with Crippen LogP contribution in [-0.2, 0) is 4.79 Å². The highest BCUT2D eigenvalue weighted by Gasteiger charge is 2.33. The van der Waals surface area contributed by atoms with E-state index < -0.39 is 0 Å². The van der Waals surface area contributed by atoms with Crippen molar-refractivity contribution >= 4 is 17.5 Å². The van der Waals surface area contributed by atoms with Gasteiger partial charge in [0.05, 0.1) is 5.56 Å². The van der Waals surface area contributed by atoms with Gasteiger partial charge < -0.3 is 15.1 Å².